The Balaban J connectivity index is 1.83. The van der Waals surface area contributed by atoms with Gasteiger partial charge in [0.25, 0.3) is 0 Å². The molecular weight excluding hydrogens is 330 g/mol. The van der Waals surface area contributed by atoms with Crippen molar-refractivity contribution in [1.82, 2.24) is 9.88 Å². The SMILES string of the molecule is COC(=O)c1[nH]c2ccc(C)cc2c1NC(=O)CN1C[C@@H](C)C[C@H](C)C1. The van der Waals surface area contributed by atoms with E-state index in [1.165, 1.54) is 13.5 Å². The van der Waals surface area contributed by atoms with E-state index in [9.17, 15) is 9.59 Å². The molecule has 2 heterocycles. The standard InChI is InChI=1S/C20H27N3O3/c1-12-5-6-16-15(8-12)18(19(21-16)20(25)26-4)22-17(24)11-23-9-13(2)7-14(3)10-23/h5-6,8,13-14,21H,7,9-11H2,1-4H3,(H,22,24)/t13-,14-/m0/s1. The molecule has 1 aromatic heterocycles. The number of nitrogens with zero attached hydrogens (tertiary/aromatic N) is 1. The molecule has 1 aliphatic heterocycles. The first-order valence-electron chi connectivity index (χ1n) is 9.10. The molecule has 3 rings (SSSR count). The molecule has 2 N–H and O–H groups in total. The number of hydrogen-bond donors (Lipinski definition) is 2. The molecule has 1 aromatic carbocycles. The average molecular weight is 357 g/mol. The van der Waals surface area contributed by atoms with Gasteiger partial charge in [0.15, 0.2) is 0 Å². The van der Waals surface area contributed by atoms with Crippen molar-refractivity contribution in [1.29, 1.82) is 0 Å². The summed E-state index contributed by atoms with van der Waals surface area (Å²) in [5.41, 5.74) is 2.63. The topological polar surface area (TPSA) is 74.4 Å². The van der Waals surface area contributed by atoms with Crippen LogP contribution in [0, 0.1) is 18.8 Å². The molecule has 1 saturated heterocycles. The minimum absolute atomic E-state index is 0.112. The molecular formula is C20H27N3O3. The van der Waals surface area contributed by atoms with Gasteiger partial charge in [-0.15, -0.1) is 0 Å². The van der Waals surface area contributed by atoms with Gasteiger partial charge in [-0.1, -0.05) is 25.5 Å². The van der Waals surface area contributed by atoms with Crippen molar-refractivity contribution in [2.45, 2.75) is 27.2 Å². The zero-order chi connectivity index (χ0) is 18.8. The lowest BCUT2D eigenvalue weighted by atomic mass is 9.92. The number of ether oxygens (including phenoxy) is 1. The lowest BCUT2D eigenvalue weighted by Crippen LogP contribution is -2.42. The van der Waals surface area contributed by atoms with Crippen LogP contribution in [0.2, 0.25) is 0 Å². The number of nitrogens with one attached hydrogen (secondary N) is 2. The molecule has 1 amide bonds. The molecule has 0 radical (unpaired) electrons. The Kier molecular flexibility index (Phi) is 5.32. The van der Waals surface area contributed by atoms with Crippen molar-refractivity contribution in [2.24, 2.45) is 11.8 Å². The third-order valence-corrected chi connectivity index (χ3v) is 4.92. The molecule has 1 fully saturated rings. The second-order valence-electron chi connectivity index (χ2n) is 7.60. The van der Waals surface area contributed by atoms with Crippen LogP contribution in [0.15, 0.2) is 18.2 Å². The van der Waals surface area contributed by atoms with E-state index in [0.29, 0.717) is 24.1 Å². The molecule has 0 unspecified atom stereocenters. The summed E-state index contributed by atoms with van der Waals surface area (Å²) >= 11 is 0. The number of anilines is 1. The van der Waals surface area contributed by atoms with Crippen LogP contribution in [-0.2, 0) is 9.53 Å². The first-order chi connectivity index (χ1) is 12.4. The van der Waals surface area contributed by atoms with Gasteiger partial charge >= 0.3 is 5.97 Å². The molecule has 140 valence electrons. The highest BCUT2D eigenvalue weighted by molar-refractivity contribution is 6.11. The Morgan fingerprint density at radius 2 is 1.96 bits per heavy atom. The zero-order valence-corrected chi connectivity index (χ0v) is 15.9. The van der Waals surface area contributed by atoms with Crippen molar-refractivity contribution >= 4 is 28.5 Å². The number of esters is 1. The number of aromatic amines is 1. The van der Waals surface area contributed by atoms with Gasteiger partial charge in [0.2, 0.25) is 5.91 Å². The van der Waals surface area contributed by atoms with Crippen molar-refractivity contribution in [3.63, 3.8) is 0 Å². The smallest absolute Gasteiger partial charge is 0.356 e. The molecule has 26 heavy (non-hydrogen) atoms. The van der Waals surface area contributed by atoms with Crippen LogP contribution in [0.1, 0.15) is 36.3 Å². The molecule has 0 saturated carbocycles. The van der Waals surface area contributed by atoms with Crippen molar-refractivity contribution < 1.29 is 14.3 Å². The average Bonchev–Trinajstić information content (AvgIpc) is 2.91. The minimum Gasteiger partial charge on any atom is -0.464 e. The van der Waals surface area contributed by atoms with E-state index < -0.39 is 5.97 Å². The minimum atomic E-state index is -0.491. The number of carbonyl (C=O) groups is 2. The van der Waals surface area contributed by atoms with Crippen molar-refractivity contribution in [3.05, 3.63) is 29.5 Å². The van der Waals surface area contributed by atoms with E-state index in [-0.39, 0.29) is 11.6 Å². The summed E-state index contributed by atoms with van der Waals surface area (Å²) in [6, 6.07) is 5.82. The van der Waals surface area contributed by atoms with Crippen LogP contribution < -0.4 is 5.32 Å². The number of hydrogen-bond acceptors (Lipinski definition) is 4. The van der Waals surface area contributed by atoms with Gasteiger partial charge in [-0.25, -0.2) is 4.79 Å². The summed E-state index contributed by atoms with van der Waals surface area (Å²) in [7, 11) is 1.33. The zero-order valence-electron chi connectivity index (χ0n) is 15.9. The monoisotopic (exact) mass is 357 g/mol. The number of H-pyrrole nitrogens is 1. The van der Waals surface area contributed by atoms with Crippen LogP contribution in [0.4, 0.5) is 5.69 Å². The maximum Gasteiger partial charge on any atom is 0.356 e. The summed E-state index contributed by atoms with van der Waals surface area (Å²) in [6.45, 7) is 8.60. The Hall–Kier alpha value is -2.34. The van der Waals surface area contributed by atoms with Crippen molar-refractivity contribution in [2.75, 3.05) is 32.1 Å². The summed E-state index contributed by atoms with van der Waals surface area (Å²) in [5, 5.41) is 3.76. The van der Waals surface area contributed by atoms with Crippen molar-refractivity contribution in [3.8, 4) is 0 Å². The Morgan fingerprint density at radius 3 is 2.62 bits per heavy atom. The second-order valence-corrected chi connectivity index (χ2v) is 7.60. The van der Waals surface area contributed by atoms with Gasteiger partial charge in [0, 0.05) is 24.0 Å². The number of amides is 1. The number of aryl methyl sites for hydroxylation is 1. The normalized spacial score (nSPS) is 20.9. The molecule has 1 aliphatic rings. The number of aromatic nitrogens is 1. The lowest BCUT2D eigenvalue weighted by Gasteiger charge is -2.34. The van der Waals surface area contributed by atoms with Gasteiger partial charge < -0.3 is 15.0 Å². The van der Waals surface area contributed by atoms with Gasteiger partial charge in [-0.2, -0.15) is 0 Å². The molecule has 6 heteroatoms. The predicted octanol–water partition coefficient (Wildman–Crippen LogP) is 3.18. The second kappa shape index (κ2) is 7.50. The van der Waals surface area contributed by atoms with E-state index in [1.54, 1.807) is 0 Å². The maximum absolute atomic E-state index is 12.7. The van der Waals surface area contributed by atoms with Crippen LogP contribution in [0.5, 0.6) is 0 Å². The number of methoxy groups -OCH3 is 1. The number of likely N-dealkylation sites (tertiary alicyclic amines) is 1. The number of fused-ring (bicyclic) bond motifs is 1. The Morgan fingerprint density at radius 1 is 1.27 bits per heavy atom. The van der Waals surface area contributed by atoms with E-state index in [0.717, 1.165) is 29.6 Å². The lowest BCUT2D eigenvalue weighted by molar-refractivity contribution is -0.117. The van der Waals surface area contributed by atoms with Gasteiger partial charge in [-0.3, -0.25) is 9.69 Å². The third-order valence-electron chi connectivity index (χ3n) is 4.92. The maximum atomic E-state index is 12.7. The highest BCUT2D eigenvalue weighted by Crippen LogP contribution is 2.29. The van der Waals surface area contributed by atoms with Gasteiger partial charge in [0.1, 0.15) is 5.69 Å². The van der Waals surface area contributed by atoms with E-state index in [2.05, 4.69) is 29.0 Å². The molecule has 0 bridgehead atoms. The fraction of sp³-hybridized carbons (Fsp3) is 0.500. The molecule has 0 spiro atoms. The molecule has 2 atom stereocenters. The summed E-state index contributed by atoms with van der Waals surface area (Å²) in [5.74, 6) is 0.578. The third kappa shape index (κ3) is 3.90. The quantitative estimate of drug-likeness (QED) is 0.824. The first kappa shape index (κ1) is 18.5. The van der Waals surface area contributed by atoms with E-state index in [1.807, 2.05) is 25.1 Å². The van der Waals surface area contributed by atoms with E-state index >= 15 is 0 Å². The molecule has 6 nitrogen and oxygen atoms in total. The largest absolute Gasteiger partial charge is 0.464 e. The van der Waals surface area contributed by atoms with Gasteiger partial charge in [-0.05, 0) is 37.3 Å². The van der Waals surface area contributed by atoms with Crippen LogP contribution in [-0.4, -0.2) is 48.5 Å². The first-order valence-corrected chi connectivity index (χ1v) is 9.10. The van der Waals surface area contributed by atoms with E-state index in [4.69, 9.17) is 4.74 Å². The van der Waals surface area contributed by atoms with Crippen LogP contribution in [0.25, 0.3) is 10.9 Å². The Labute approximate surface area is 153 Å². The molecule has 0 aliphatic carbocycles. The van der Waals surface area contributed by atoms with Crippen LogP contribution in [0.3, 0.4) is 0 Å². The summed E-state index contributed by atoms with van der Waals surface area (Å²) in [4.78, 5) is 30.0. The number of rotatable bonds is 4. The Bertz CT molecular complexity index is 817. The number of benzene rings is 1. The van der Waals surface area contributed by atoms with Crippen LogP contribution >= 0.6 is 0 Å². The predicted molar refractivity (Wildman–Crippen MR) is 102 cm³/mol. The highest BCUT2D eigenvalue weighted by Gasteiger charge is 2.25. The fourth-order valence-electron chi connectivity index (χ4n) is 3.99. The highest BCUT2D eigenvalue weighted by atomic mass is 16.5. The molecule has 2 aromatic rings. The number of piperidine rings is 1. The summed E-state index contributed by atoms with van der Waals surface area (Å²) in [6.07, 6.45) is 1.20. The van der Waals surface area contributed by atoms with Gasteiger partial charge in [0.05, 0.1) is 19.3 Å². The number of carbonyl (C=O) groups excluding carboxylic acids is 2. The summed E-state index contributed by atoms with van der Waals surface area (Å²) < 4.78 is 4.86. The fourth-order valence-corrected chi connectivity index (χ4v) is 3.99.